The molecule has 0 unspecified atom stereocenters. The molecule has 1 aromatic heterocycles. The molecule has 0 bridgehead atoms. The first-order valence-electron chi connectivity index (χ1n) is 8.61. The van der Waals surface area contributed by atoms with Gasteiger partial charge in [0.1, 0.15) is 5.75 Å². The Labute approximate surface area is 137 Å². The second-order valence-electron chi connectivity index (χ2n) is 6.77. The first-order valence-corrected chi connectivity index (χ1v) is 8.61. The van der Waals surface area contributed by atoms with Crippen molar-refractivity contribution in [2.24, 2.45) is 5.92 Å². The molecule has 4 nitrogen and oxygen atoms in total. The molecule has 0 aliphatic heterocycles. The number of aromatic nitrogens is 1. The number of aromatic amines is 1. The highest BCUT2D eigenvalue weighted by Crippen LogP contribution is 2.31. The molecule has 0 saturated heterocycles. The average molecular weight is 314 g/mol. The third-order valence-electron chi connectivity index (χ3n) is 4.26. The SMILES string of the molecule is CCOc1cccc2[nH]cc(CC(=O)N(CC(C)C)C3CC3)c12. The topological polar surface area (TPSA) is 45.3 Å². The summed E-state index contributed by atoms with van der Waals surface area (Å²) in [5.74, 6) is 1.59. The van der Waals surface area contributed by atoms with Crippen molar-refractivity contribution in [1.29, 1.82) is 0 Å². The van der Waals surface area contributed by atoms with Crippen molar-refractivity contribution in [2.75, 3.05) is 13.2 Å². The first kappa shape index (κ1) is 15.9. The fourth-order valence-electron chi connectivity index (χ4n) is 3.13. The van der Waals surface area contributed by atoms with Gasteiger partial charge in [-0.25, -0.2) is 0 Å². The molecule has 124 valence electrons. The largest absolute Gasteiger partial charge is 0.493 e. The number of rotatable bonds is 7. The zero-order chi connectivity index (χ0) is 16.4. The van der Waals surface area contributed by atoms with Crippen molar-refractivity contribution in [2.45, 2.75) is 46.1 Å². The van der Waals surface area contributed by atoms with E-state index in [1.54, 1.807) is 0 Å². The van der Waals surface area contributed by atoms with Crippen LogP contribution in [0.3, 0.4) is 0 Å². The highest BCUT2D eigenvalue weighted by atomic mass is 16.5. The normalized spacial score (nSPS) is 14.4. The molecule has 1 aliphatic carbocycles. The number of ether oxygens (including phenoxy) is 1. The van der Waals surface area contributed by atoms with E-state index >= 15 is 0 Å². The van der Waals surface area contributed by atoms with E-state index in [0.717, 1.165) is 41.6 Å². The number of hydrogen-bond donors (Lipinski definition) is 1. The Kier molecular flexibility index (Phi) is 4.60. The summed E-state index contributed by atoms with van der Waals surface area (Å²) in [6.07, 6.45) is 4.69. The second-order valence-corrected chi connectivity index (χ2v) is 6.77. The predicted molar refractivity (Wildman–Crippen MR) is 92.7 cm³/mol. The molecule has 1 saturated carbocycles. The van der Waals surface area contributed by atoms with Crippen LogP contribution in [-0.2, 0) is 11.2 Å². The maximum Gasteiger partial charge on any atom is 0.227 e. The number of carbonyl (C=O) groups excluding carboxylic acids is 1. The second kappa shape index (κ2) is 6.65. The Morgan fingerprint density at radius 1 is 1.39 bits per heavy atom. The van der Waals surface area contributed by atoms with Crippen molar-refractivity contribution in [3.8, 4) is 5.75 Å². The van der Waals surface area contributed by atoms with Gasteiger partial charge in [0.25, 0.3) is 0 Å². The van der Waals surface area contributed by atoms with Gasteiger partial charge in [0.05, 0.1) is 13.0 Å². The van der Waals surface area contributed by atoms with E-state index in [4.69, 9.17) is 4.74 Å². The molecule has 0 spiro atoms. The Bertz CT molecular complexity index is 686. The molecular weight excluding hydrogens is 288 g/mol. The molecule has 2 aromatic rings. The van der Waals surface area contributed by atoms with Gasteiger partial charge in [-0.05, 0) is 43.4 Å². The zero-order valence-corrected chi connectivity index (χ0v) is 14.3. The Hall–Kier alpha value is -1.97. The van der Waals surface area contributed by atoms with Crippen LogP contribution in [0.15, 0.2) is 24.4 Å². The number of benzene rings is 1. The van der Waals surface area contributed by atoms with E-state index in [9.17, 15) is 4.79 Å². The van der Waals surface area contributed by atoms with Crippen molar-refractivity contribution in [3.05, 3.63) is 30.0 Å². The van der Waals surface area contributed by atoms with Gasteiger partial charge >= 0.3 is 0 Å². The zero-order valence-electron chi connectivity index (χ0n) is 14.3. The average Bonchev–Trinajstić information content (AvgIpc) is 3.27. The van der Waals surface area contributed by atoms with Crippen LogP contribution in [0.4, 0.5) is 0 Å². The lowest BCUT2D eigenvalue weighted by molar-refractivity contribution is -0.131. The van der Waals surface area contributed by atoms with Gasteiger partial charge in [-0.1, -0.05) is 19.9 Å². The fraction of sp³-hybridized carbons (Fsp3) is 0.526. The van der Waals surface area contributed by atoms with Crippen LogP contribution in [0.2, 0.25) is 0 Å². The molecule has 1 N–H and O–H groups in total. The van der Waals surface area contributed by atoms with E-state index in [0.29, 0.717) is 25.0 Å². The van der Waals surface area contributed by atoms with Gasteiger partial charge < -0.3 is 14.6 Å². The summed E-state index contributed by atoms with van der Waals surface area (Å²) in [5.41, 5.74) is 2.06. The van der Waals surface area contributed by atoms with Crippen molar-refractivity contribution < 1.29 is 9.53 Å². The van der Waals surface area contributed by atoms with Gasteiger partial charge in [0.15, 0.2) is 0 Å². The van der Waals surface area contributed by atoms with Crippen LogP contribution in [0.5, 0.6) is 5.75 Å². The predicted octanol–water partition coefficient (Wildman–Crippen LogP) is 3.76. The molecule has 1 amide bonds. The van der Waals surface area contributed by atoms with Gasteiger partial charge in [-0.15, -0.1) is 0 Å². The van der Waals surface area contributed by atoms with Crippen LogP contribution in [0.25, 0.3) is 10.9 Å². The summed E-state index contributed by atoms with van der Waals surface area (Å²) < 4.78 is 5.74. The van der Waals surface area contributed by atoms with E-state index in [-0.39, 0.29) is 5.91 Å². The molecule has 0 radical (unpaired) electrons. The van der Waals surface area contributed by atoms with Crippen molar-refractivity contribution in [3.63, 3.8) is 0 Å². The summed E-state index contributed by atoms with van der Waals surface area (Å²) in [4.78, 5) is 18.2. The summed E-state index contributed by atoms with van der Waals surface area (Å²) >= 11 is 0. The maximum absolute atomic E-state index is 12.8. The quantitative estimate of drug-likeness (QED) is 0.846. The highest BCUT2D eigenvalue weighted by molar-refractivity contribution is 5.93. The third kappa shape index (κ3) is 3.52. The molecule has 1 aliphatic rings. The minimum atomic E-state index is 0.230. The summed E-state index contributed by atoms with van der Waals surface area (Å²) in [6.45, 7) is 7.79. The van der Waals surface area contributed by atoms with E-state index in [2.05, 4.69) is 23.7 Å². The van der Waals surface area contributed by atoms with Crippen LogP contribution >= 0.6 is 0 Å². The Morgan fingerprint density at radius 3 is 2.83 bits per heavy atom. The molecule has 23 heavy (non-hydrogen) atoms. The molecule has 1 aromatic carbocycles. The number of nitrogens with zero attached hydrogens (tertiary/aromatic N) is 1. The van der Waals surface area contributed by atoms with Gasteiger partial charge in [-0.2, -0.15) is 0 Å². The van der Waals surface area contributed by atoms with E-state index in [1.807, 2.05) is 31.3 Å². The van der Waals surface area contributed by atoms with Crippen LogP contribution < -0.4 is 4.74 Å². The summed E-state index contributed by atoms with van der Waals surface area (Å²) in [7, 11) is 0. The summed E-state index contributed by atoms with van der Waals surface area (Å²) in [5, 5.41) is 1.04. The van der Waals surface area contributed by atoms with Crippen molar-refractivity contribution in [1.82, 2.24) is 9.88 Å². The lowest BCUT2D eigenvalue weighted by Gasteiger charge is -2.24. The monoisotopic (exact) mass is 314 g/mol. The third-order valence-corrected chi connectivity index (χ3v) is 4.26. The standard InChI is InChI=1S/C19H26N2O2/c1-4-23-17-7-5-6-16-19(17)14(11-20-16)10-18(22)21(12-13(2)3)15-8-9-15/h5-7,11,13,15,20H,4,8-10,12H2,1-3H3. The molecule has 1 fully saturated rings. The minimum Gasteiger partial charge on any atom is -0.493 e. The molecule has 3 rings (SSSR count). The lowest BCUT2D eigenvalue weighted by Crippen LogP contribution is -2.37. The number of amides is 1. The molecule has 1 heterocycles. The van der Waals surface area contributed by atoms with Crippen LogP contribution in [-0.4, -0.2) is 35.0 Å². The number of H-pyrrole nitrogens is 1. The smallest absolute Gasteiger partial charge is 0.227 e. The number of nitrogens with one attached hydrogen (secondary N) is 1. The number of carbonyl (C=O) groups is 1. The molecular formula is C19H26N2O2. The maximum atomic E-state index is 12.8. The first-order chi connectivity index (χ1) is 11.1. The van der Waals surface area contributed by atoms with E-state index in [1.165, 1.54) is 0 Å². The Balaban J connectivity index is 1.84. The lowest BCUT2D eigenvalue weighted by atomic mass is 10.1. The van der Waals surface area contributed by atoms with Crippen LogP contribution in [0.1, 0.15) is 39.2 Å². The minimum absolute atomic E-state index is 0.230. The van der Waals surface area contributed by atoms with Gasteiger partial charge in [-0.3, -0.25) is 4.79 Å². The molecule has 0 atom stereocenters. The Morgan fingerprint density at radius 2 is 2.17 bits per heavy atom. The number of fused-ring (bicyclic) bond motifs is 1. The van der Waals surface area contributed by atoms with Crippen LogP contribution in [0, 0.1) is 5.92 Å². The summed E-state index contributed by atoms with van der Waals surface area (Å²) in [6, 6.07) is 6.44. The van der Waals surface area contributed by atoms with Gasteiger partial charge in [0, 0.05) is 29.7 Å². The number of hydrogen-bond acceptors (Lipinski definition) is 2. The molecule has 4 heteroatoms. The van der Waals surface area contributed by atoms with E-state index < -0.39 is 0 Å². The highest BCUT2D eigenvalue weighted by Gasteiger charge is 2.33. The van der Waals surface area contributed by atoms with Crippen molar-refractivity contribution >= 4 is 16.8 Å². The van der Waals surface area contributed by atoms with Gasteiger partial charge in [0.2, 0.25) is 5.91 Å². The fourth-order valence-corrected chi connectivity index (χ4v) is 3.13.